The minimum atomic E-state index is -0.168. The van der Waals surface area contributed by atoms with Crippen molar-refractivity contribution in [2.75, 3.05) is 50.7 Å². The van der Waals surface area contributed by atoms with Gasteiger partial charge in [-0.3, -0.25) is 9.69 Å². The minimum absolute atomic E-state index is 0.168. The second kappa shape index (κ2) is 9.00. The third-order valence-electron chi connectivity index (χ3n) is 6.32. The molecule has 6 heteroatoms. The van der Waals surface area contributed by atoms with E-state index in [4.69, 9.17) is 0 Å². The van der Waals surface area contributed by atoms with Crippen molar-refractivity contribution in [3.63, 3.8) is 0 Å². The summed E-state index contributed by atoms with van der Waals surface area (Å²) < 4.78 is 14.4. The molecule has 0 bridgehead atoms. The predicted molar refractivity (Wildman–Crippen MR) is 119 cm³/mol. The van der Waals surface area contributed by atoms with Crippen LogP contribution in [0.25, 0.3) is 10.1 Å². The van der Waals surface area contributed by atoms with Crippen LogP contribution in [0.5, 0.6) is 0 Å². The summed E-state index contributed by atoms with van der Waals surface area (Å²) in [6.45, 7) is 11.4. The molecule has 2 saturated heterocycles. The lowest BCUT2D eigenvalue weighted by Crippen LogP contribution is -2.47. The number of nitrogens with zero attached hydrogens (tertiary/aromatic N) is 3. The topological polar surface area (TPSA) is 26.8 Å². The number of hydrogen-bond acceptors (Lipinski definition) is 4. The van der Waals surface area contributed by atoms with E-state index in [0.717, 1.165) is 62.3 Å². The number of carbonyl (C=O) groups is 1. The van der Waals surface area contributed by atoms with Crippen LogP contribution in [0.1, 0.15) is 33.1 Å². The summed E-state index contributed by atoms with van der Waals surface area (Å²) in [4.78, 5) is 19.5. The molecule has 158 valence electrons. The summed E-state index contributed by atoms with van der Waals surface area (Å²) in [5, 5.41) is 3.31. The highest BCUT2D eigenvalue weighted by molar-refractivity contribution is 7.17. The number of hydrogen-bond donors (Lipinski definition) is 0. The number of benzene rings is 1. The van der Waals surface area contributed by atoms with Gasteiger partial charge in [0.2, 0.25) is 5.91 Å². The molecule has 1 aromatic heterocycles. The predicted octanol–water partition coefficient (Wildman–Crippen LogP) is 4.45. The number of amides is 1. The zero-order valence-corrected chi connectivity index (χ0v) is 18.4. The molecular weight excluding hydrogens is 385 g/mol. The lowest BCUT2D eigenvalue weighted by molar-refractivity contribution is -0.134. The normalized spacial score (nSPS) is 23.7. The van der Waals surface area contributed by atoms with Crippen LogP contribution < -0.4 is 4.90 Å². The summed E-state index contributed by atoms with van der Waals surface area (Å²) in [6, 6.07) is 5.08. The molecule has 1 aromatic carbocycles. The van der Waals surface area contributed by atoms with Crippen molar-refractivity contribution in [1.82, 2.24) is 9.80 Å². The lowest BCUT2D eigenvalue weighted by atomic mass is 9.91. The Kier molecular flexibility index (Phi) is 6.40. The molecule has 0 radical (unpaired) electrons. The molecule has 2 fully saturated rings. The van der Waals surface area contributed by atoms with E-state index < -0.39 is 0 Å². The maximum absolute atomic E-state index is 13.4. The maximum Gasteiger partial charge on any atom is 0.222 e. The van der Waals surface area contributed by atoms with E-state index >= 15 is 0 Å². The van der Waals surface area contributed by atoms with Gasteiger partial charge in [0.05, 0.1) is 5.69 Å². The number of piperidine rings is 1. The van der Waals surface area contributed by atoms with E-state index in [1.165, 1.54) is 12.1 Å². The van der Waals surface area contributed by atoms with Gasteiger partial charge < -0.3 is 9.80 Å². The Morgan fingerprint density at radius 3 is 2.59 bits per heavy atom. The van der Waals surface area contributed by atoms with Crippen LogP contribution in [0.3, 0.4) is 0 Å². The van der Waals surface area contributed by atoms with Crippen molar-refractivity contribution in [3.05, 3.63) is 29.4 Å². The van der Waals surface area contributed by atoms with E-state index in [-0.39, 0.29) is 5.82 Å². The molecule has 4 nitrogen and oxygen atoms in total. The van der Waals surface area contributed by atoms with E-state index in [9.17, 15) is 9.18 Å². The third-order valence-corrected chi connectivity index (χ3v) is 7.25. The van der Waals surface area contributed by atoms with E-state index in [0.29, 0.717) is 24.2 Å². The monoisotopic (exact) mass is 417 g/mol. The highest BCUT2D eigenvalue weighted by Crippen LogP contribution is 2.34. The first-order chi connectivity index (χ1) is 14.0. The first-order valence-electron chi connectivity index (χ1n) is 10.9. The van der Waals surface area contributed by atoms with Gasteiger partial charge in [-0.1, -0.05) is 13.8 Å². The van der Waals surface area contributed by atoms with Crippen LogP contribution >= 0.6 is 11.3 Å². The molecule has 3 heterocycles. The van der Waals surface area contributed by atoms with E-state index in [1.807, 2.05) is 6.07 Å². The van der Waals surface area contributed by atoms with Crippen molar-refractivity contribution < 1.29 is 9.18 Å². The van der Waals surface area contributed by atoms with Crippen molar-refractivity contribution in [2.24, 2.45) is 11.8 Å². The summed E-state index contributed by atoms with van der Waals surface area (Å²) in [5.74, 6) is 1.42. The molecule has 0 saturated carbocycles. The molecular formula is C23H32FN3OS. The Morgan fingerprint density at radius 2 is 1.86 bits per heavy atom. The fourth-order valence-electron chi connectivity index (χ4n) is 4.92. The van der Waals surface area contributed by atoms with Crippen LogP contribution in [-0.2, 0) is 4.79 Å². The van der Waals surface area contributed by atoms with Crippen molar-refractivity contribution in [2.45, 2.75) is 33.1 Å². The lowest BCUT2D eigenvalue weighted by Gasteiger charge is -2.36. The van der Waals surface area contributed by atoms with Crippen LogP contribution in [0.2, 0.25) is 0 Å². The number of anilines is 1. The Bertz CT molecular complexity index is 836. The van der Waals surface area contributed by atoms with E-state index in [1.54, 1.807) is 23.5 Å². The molecule has 29 heavy (non-hydrogen) atoms. The number of carbonyl (C=O) groups excluding carboxylic acids is 1. The largest absolute Gasteiger partial charge is 0.368 e. The Hall–Kier alpha value is -1.66. The van der Waals surface area contributed by atoms with Crippen LogP contribution in [0.4, 0.5) is 10.1 Å². The Morgan fingerprint density at radius 1 is 1.14 bits per heavy atom. The zero-order chi connectivity index (χ0) is 20.4. The molecule has 2 aromatic rings. The average molecular weight is 418 g/mol. The van der Waals surface area contributed by atoms with Gasteiger partial charge in [-0.15, -0.1) is 11.3 Å². The SMILES string of the molecule is CC1CC(C)CN(C(=O)CCCN2CCN(c3csc4cc(F)ccc34)CC2)C1. The van der Waals surface area contributed by atoms with Crippen LogP contribution in [0.15, 0.2) is 23.6 Å². The minimum Gasteiger partial charge on any atom is -0.368 e. The molecule has 1 amide bonds. The van der Waals surface area contributed by atoms with Crippen molar-refractivity contribution in [1.29, 1.82) is 0 Å². The van der Waals surface area contributed by atoms with Crippen molar-refractivity contribution >= 4 is 33.0 Å². The fraction of sp³-hybridized carbons (Fsp3) is 0.609. The highest BCUT2D eigenvalue weighted by Gasteiger charge is 2.25. The molecule has 2 atom stereocenters. The molecule has 2 unspecified atom stereocenters. The second-order valence-electron chi connectivity index (χ2n) is 8.94. The molecule has 0 aliphatic carbocycles. The average Bonchev–Trinajstić information content (AvgIpc) is 3.10. The maximum atomic E-state index is 13.4. The van der Waals surface area contributed by atoms with Gasteiger partial charge in [0, 0.05) is 61.2 Å². The molecule has 0 spiro atoms. The summed E-state index contributed by atoms with van der Waals surface area (Å²) >= 11 is 1.62. The zero-order valence-electron chi connectivity index (χ0n) is 17.6. The van der Waals surface area contributed by atoms with Gasteiger partial charge in [-0.05, 0) is 49.4 Å². The quantitative estimate of drug-likeness (QED) is 0.719. The van der Waals surface area contributed by atoms with Gasteiger partial charge in [0.15, 0.2) is 0 Å². The Balaban J connectivity index is 1.22. The standard InChI is InChI=1S/C23H32FN3OS/c1-17-12-18(2)15-27(14-17)23(28)4-3-7-25-8-10-26(11-9-25)21-16-29-22-13-19(24)5-6-20(21)22/h5-6,13,16-18H,3-4,7-12,14-15H2,1-2H3. The third kappa shape index (κ3) is 4.92. The second-order valence-corrected chi connectivity index (χ2v) is 9.85. The number of likely N-dealkylation sites (tertiary alicyclic amines) is 1. The van der Waals surface area contributed by atoms with Gasteiger partial charge in [0.1, 0.15) is 5.82 Å². The molecule has 0 N–H and O–H groups in total. The number of piperazine rings is 1. The number of rotatable bonds is 5. The first-order valence-corrected chi connectivity index (χ1v) is 11.8. The van der Waals surface area contributed by atoms with Gasteiger partial charge in [0.25, 0.3) is 0 Å². The Labute approximate surface area is 177 Å². The van der Waals surface area contributed by atoms with Gasteiger partial charge in [-0.2, -0.15) is 0 Å². The first kappa shape index (κ1) is 20.6. The van der Waals surface area contributed by atoms with Crippen LogP contribution in [0, 0.1) is 17.7 Å². The van der Waals surface area contributed by atoms with Crippen LogP contribution in [-0.4, -0.2) is 61.5 Å². The van der Waals surface area contributed by atoms with Crippen molar-refractivity contribution in [3.8, 4) is 0 Å². The molecule has 4 rings (SSSR count). The summed E-state index contributed by atoms with van der Waals surface area (Å²) in [6.07, 6.45) is 2.85. The number of halogens is 1. The molecule has 2 aliphatic rings. The number of thiophene rings is 1. The fourth-order valence-corrected chi connectivity index (χ4v) is 5.92. The smallest absolute Gasteiger partial charge is 0.222 e. The van der Waals surface area contributed by atoms with Gasteiger partial charge in [-0.25, -0.2) is 4.39 Å². The molecule has 2 aliphatic heterocycles. The van der Waals surface area contributed by atoms with E-state index in [2.05, 4.69) is 33.9 Å². The summed E-state index contributed by atoms with van der Waals surface area (Å²) in [7, 11) is 0. The highest BCUT2D eigenvalue weighted by atomic mass is 32.1. The number of fused-ring (bicyclic) bond motifs is 1. The summed E-state index contributed by atoms with van der Waals surface area (Å²) in [5.41, 5.74) is 1.23. The van der Waals surface area contributed by atoms with Gasteiger partial charge >= 0.3 is 0 Å².